The summed E-state index contributed by atoms with van der Waals surface area (Å²) in [7, 11) is 11.9. The molecule has 0 saturated carbocycles. The molecule has 0 bridgehead atoms. The maximum atomic E-state index is 12.8. The molecule has 0 unspecified atom stereocenters. The van der Waals surface area contributed by atoms with Crippen molar-refractivity contribution in [3.8, 4) is 68.3 Å². The average Bonchev–Trinajstić information content (AvgIpc) is 1.62. The van der Waals surface area contributed by atoms with Gasteiger partial charge in [0.05, 0.1) is 119 Å². The zero-order valence-corrected chi connectivity index (χ0v) is 70.9. The van der Waals surface area contributed by atoms with Crippen LogP contribution in [0.2, 0.25) is 0 Å². The lowest BCUT2D eigenvalue weighted by molar-refractivity contribution is -0.00346. The summed E-state index contributed by atoms with van der Waals surface area (Å²) in [6.07, 6.45) is 8.58. The SMILES string of the molecule is CNC(=O)c1ccc(-c2c[nH]c3nc(Nc4ccc(C(=O)NC5CN(C)C5)cc4OC)nc(OC4CCOCC4)c23)cc1.COCCOc1nc(Nc2ccc(C(=O)NC3COC3)cc2OC)nc2[nH]cc(-c3ccc4nc(C)oc4c3)c12.COc1cc(C(=O)NC2CN(C)C2)ccc1Nc1nc(OC2CCOCC2)c2c(-c3ccc4nc(C)oc4c3)c[nH]c2n1. The van der Waals surface area contributed by atoms with E-state index in [0.29, 0.717) is 179 Å². The Bertz CT molecular complexity index is 6320. The topological polar surface area (TPSA) is 428 Å². The van der Waals surface area contributed by atoms with Crippen molar-refractivity contribution in [3.63, 3.8) is 0 Å². The van der Waals surface area contributed by atoms with Crippen LogP contribution in [0, 0.1) is 13.8 Å². The van der Waals surface area contributed by atoms with E-state index in [-0.39, 0.29) is 59.9 Å². The molecule has 5 fully saturated rings. The first-order chi connectivity index (χ1) is 61.4. The predicted molar refractivity (Wildman–Crippen MR) is 471 cm³/mol. The molecule has 0 atom stereocenters. The molecule has 5 aliphatic rings. The number of amides is 4. The number of nitrogens with zero attached hydrogens (tertiary/aromatic N) is 10. The number of hydrogen-bond acceptors (Lipinski definition) is 29. The highest BCUT2D eigenvalue weighted by atomic mass is 16.5. The van der Waals surface area contributed by atoms with E-state index in [4.69, 9.17) is 76.1 Å². The van der Waals surface area contributed by atoms with Gasteiger partial charge in [-0.2, -0.15) is 29.9 Å². The van der Waals surface area contributed by atoms with E-state index in [1.54, 1.807) is 95.1 Å². The molecule has 652 valence electrons. The minimum Gasteiger partial charge on any atom is -0.495 e. The highest BCUT2D eigenvalue weighted by molar-refractivity contribution is 6.03. The number of anilines is 6. The van der Waals surface area contributed by atoms with Crippen LogP contribution >= 0.6 is 0 Å². The molecule has 36 heteroatoms. The van der Waals surface area contributed by atoms with Crippen molar-refractivity contribution in [3.05, 3.63) is 168 Å². The number of carbonyl (C=O) groups is 4. The van der Waals surface area contributed by atoms with Gasteiger partial charge in [-0.1, -0.05) is 24.3 Å². The van der Waals surface area contributed by atoms with Crippen LogP contribution in [0.25, 0.3) is 88.7 Å². The average molecular weight is 1710 g/mol. The van der Waals surface area contributed by atoms with Gasteiger partial charge in [-0.3, -0.25) is 19.2 Å². The zero-order valence-electron chi connectivity index (χ0n) is 70.9. The summed E-state index contributed by atoms with van der Waals surface area (Å²) in [6.45, 7) is 11.3. The lowest BCUT2D eigenvalue weighted by Gasteiger charge is -2.36. The van der Waals surface area contributed by atoms with E-state index in [9.17, 15) is 19.2 Å². The summed E-state index contributed by atoms with van der Waals surface area (Å²) in [5, 5.41) is 23.6. The van der Waals surface area contributed by atoms with Crippen molar-refractivity contribution in [1.29, 1.82) is 0 Å². The summed E-state index contributed by atoms with van der Waals surface area (Å²) >= 11 is 0. The molecule has 36 nitrogen and oxygen atoms in total. The standard InChI is InChI=1S/C31H33N7O5.C31H35N7O5.C28H28N6O6/c1-17-33-24-6-4-18(12-26(24)42-17)22-14-32-28-27(22)30(43-21-8-10-41-11-9-21)37-31(36-28)35-23-7-5-19(13-25(23)40-3)29(39)34-20-15-38(2)16-20;1-32-28(39)19-6-4-18(5-7-19)23-15-33-27-26(23)30(43-22-10-12-42-13-11-22)37-31(36-27)35-24-9-8-20(14-25(24)41-3)29(40)34-21-16-38(2)17-21;1-15-30-21-6-4-16(10-23(21)40-15)19-12-29-25-24(19)27(39-9-8-36-2)34-28(33-25)32-20-7-5-17(11-22(20)37-3)26(35)31-18-13-38-14-18/h4-7,12-14,20-21H,8-11,15-16H2,1-3H3,(H,34,39)(H2,32,35,36,37);4-9,14-15,21-22H,10-13,16-17H2,1-3H3,(H,32,39)(H,34,40)(H2,33,35,36,37);4-7,10-12,18H,8-9,13-14H2,1-3H3,(H,31,35)(H2,29,32,33,34). The number of carbonyl (C=O) groups excluding carboxylic acids is 4. The van der Waals surface area contributed by atoms with Crippen molar-refractivity contribution in [1.82, 2.24) is 85.9 Å². The number of aromatic amines is 3. The molecule has 5 aliphatic heterocycles. The van der Waals surface area contributed by atoms with E-state index < -0.39 is 0 Å². The molecule has 19 rings (SSSR count). The molecule has 5 saturated heterocycles. The second kappa shape index (κ2) is 37.6. The van der Waals surface area contributed by atoms with Gasteiger partial charge in [0.1, 0.15) is 64.0 Å². The maximum absolute atomic E-state index is 12.8. The molecule has 0 radical (unpaired) electrons. The van der Waals surface area contributed by atoms with E-state index in [1.165, 1.54) is 7.11 Å². The fourth-order valence-corrected chi connectivity index (χ4v) is 15.5. The van der Waals surface area contributed by atoms with Gasteiger partial charge in [-0.25, -0.2) is 9.97 Å². The summed E-state index contributed by atoms with van der Waals surface area (Å²) in [4.78, 5) is 102. The van der Waals surface area contributed by atoms with Gasteiger partial charge in [0.2, 0.25) is 35.5 Å². The fourth-order valence-electron chi connectivity index (χ4n) is 15.5. The third-order valence-electron chi connectivity index (χ3n) is 22.1. The zero-order chi connectivity index (χ0) is 87.1. The Balaban J connectivity index is 0.000000133. The van der Waals surface area contributed by atoms with Gasteiger partial charge >= 0.3 is 0 Å². The number of aryl methyl sites for hydroxylation is 2. The van der Waals surface area contributed by atoms with E-state index >= 15 is 0 Å². The van der Waals surface area contributed by atoms with Crippen molar-refractivity contribution in [2.45, 2.75) is 69.9 Å². The maximum Gasteiger partial charge on any atom is 0.251 e. The number of oxazole rings is 2. The Morgan fingerprint density at radius 2 is 0.810 bits per heavy atom. The number of fused-ring (bicyclic) bond motifs is 5. The normalized spacial score (nSPS) is 15.3. The number of nitrogens with one attached hydrogen (secondary N) is 10. The first-order valence-corrected chi connectivity index (χ1v) is 41.5. The number of H-pyrrole nitrogens is 3. The Labute approximate surface area is 722 Å². The van der Waals surface area contributed by atoms with Crippen molar-refractivity contribution in [2.75, 3.05) is 145 Å². The number of likely N-dealkylation sites (N-methyl/N-ethyl adjacent to an activating group) is 2. The Hall–Kier alpha value is -14.0. The van der Waals surface area contributed by atoms with Crippen LogP contribution in [0.5, 0.6) is 34.9 Å². The van der Waals surface area contributed by atoms with Crippen LogP contribution in [-0.4, -0.2) is 247 Å². The first kappa shape index (κ1) is 84.2. The minimum absolute atomic E-state index is 0.0282. The minimum atomic E-state index is -0.192. The van der Waals surface area contributed by atoms with Crippen molar-refractivity contribution >= 4 is 114 Å². The number of benzene rings is 6. The first-order valence-electron chi connectivity index (χ1n) is 41.5. The highest BCUT2D eigenvalue weighted by Gasteiger charge is 2.31. The van der Waals surface area contributed by atoms with Gasteiger partial charge in [-0.05, 0) is 122 Å². The van der Waals surface area contributed by atoms with Gasteiger partial charge in [0.25, 0.3) is 23.6 Å². The Morgan fingerprint density at radius 1 is 0.429 bits per heavy atom. The lowest BCUT2D eigenvalue weighted by atomic mass is 10.0. The van der Waals surface area contributed by atoms with E-state index in [1.807, 2.05) is 95.1 Å². The van der Waals surface area contributed by atoms with Gasteiger partial charge in [-0.15, -0.1) is 0 Å². The number of hydrogen-bond donors (Lipinski definition) is 10. The Kier molecular flexibility index (Phi) is 25.1. The molecular formula is C90H96N20O16. The second-order valence-electron chi connectivity index (χ2n) is 31.1. The third kappa shape index (κ3) is 18.9. The molecule has 8 aromatic heterocycles. The second-order valence-corrected chi connectivity index (χ2v) is 31.1. The number of likely N-dealkylation sites (tertiary alicyclic amines) is 2. The van der Waals surface area contributed by atoms with Gasteiger partial charge in [0, 0.05) is 137 Å². The molecule has 13 heterocycles. The quantitative estimate of drug-likeness (QED) is 0.0214. The summed E-state index contributed by atoms with van der Waals surface area (Å²) in [6, 6.07) is 35.0. The molecule has 0 aliphatic carbocycles. The van der Waals surface area contributed by atoms with Crippen LogP contribution in [0.1, 0.15) is 78.9 Å². The fraction of sp³-hybridized carbons (Fsp3) is 0.333. The van der Waals surface area contributed by atoms with Crippen LogP contribution in [0.4, 0.5) is 34.9 Å². The van der Waals surface area contributed by atoms with Crippen LogP contribution in [-0.2, 0) is 18.9 Å². The Morgan fingerprint density at radius 3 is 1.19 bits per heavy atom. The number of aromatic nitrogens is 11. The van der Waals surface area contributed by atoms with Crippen molar-refractivity contribution < 1.29 is 75.4 Å². The van der Waals surface area contributed by atoms with E-state index in [2.05, 4.69) is 81.9 Å². The highest BCUT2D eigenvalue weighted by Crippen LogP contribution is 2.43. The van der Waals surface area contributed by atoms with Gasteiger partial charge < -0.3 is 118 Å². The van der Waals surface area contributed by atoms with Crippen molar-refractivity contribution in [2.24, 2.45) is 0 Å². The predicted octanol–water partition coefficient (Wildman–Crippen LogP) is 11.7. The molecule has 4 amide bonds. The number of methoxy groups -OCH3 is 4. The lowest BCUT2D eigenvalue weighted by Crippen LogP contribution is -2.57. The largest absolute Gasteiger partial charge is 0.495 e. The molecule has 10 N–H and O–H groups in total. The number of ether oxygens (including phenoxy) is 10. The number of rotatable bonds is 27. The summed E-state index contributed by atoms with van der Waals surface area (Å²) in [5.41, 5.74) is 14.0. The monoisotopic (exact) mass is 1710 g/mol. The van der Waals surface area contributed by atoms with Crippen LogP contribution in [0.15, 0.2) is 143 Å². The van der Waals surface area contributed by atoms with E-state index in [0.717, 1.165) is 112 Å². The smallest absolute Gasteiger partial charge is 0.251 e. The molecule has 0 spiro atoms. The van der Waals surface area contributed by atoms with Crippen LogP contribution < -0.4 is 65.6 Å². The molecule has 6 aromatic carbocycles. The van der Waals surface area contributed by atoms with Crippen LogP contribution in [0.3, 0.4) is 0 Å². The van der Waals surface area contributed by atoms with Gasteiger partial charge in [0.15, 0.2) is 22.9 Å². The summed E-state index contributed by atoms with van der Waals surface area (Å²) in [5.74, 6) is 4.25. The molecule has 14 aromatic rings. The molecular weight excluding hydrogens is 1620 g/mol. The molecule has 126 heavy (non-hydrogen) atoms. The summed E-state index contributed by atoms with van der Waals surface area (Å²) < 4.78 is 68.7. The third-order valence-corrected chi connectivity index (χ3v) is 22.1.